The van der Waals surface area contributed by atoms with E-state index in [1.807, 2.05) is 36.5 Å². The lowest BCUT2D eigenvalue weighted by atomic mass is 10.2. The Bertz CT molecular complexity index is 1130. The summed E-state index contributed by atoms with van der Waals surface area (Å²) < 4.78 is 1.73. The molecule has 3 aromatic heterocycles. The van der Waals surface area contributed by atoms with Gasteiger partial charge in [0.2, 0.25) is 5.91 Å². The quantitative estimate of drug-likeness (QED) is 0.467. The summed E-state index contributed by atoms with van der Waals surface area (Å²) >= 11 is 1.31. The average Bonchev–Trinajstić information content (AvgIpc) is 3.42. The first-order valence-corrected chi connectivity index (χ1v) is 9.29. The molecule has 0 radical (unpaired) electrons. The summed E-state index contributed by atoms with van der Waals surface area (Å²) in [6.07, 6.45) is 5.34. The van der Waals surface area contributed by atoms with Crippen molar-refractivity contribution in [3.63, 3.8) is 0 Å². The standard InChI is InChI=1S/C19H16N6O2S/c20-18(27)15-7-13(9-21-15)16-11-28-19(23-16)24-17(26)6-12-8-22-25(10-12)14-4-2-1-3-5-14/h1-5,7-11,21H,6H2,(H2,20,27)(H,23,24,26). The largest absolute Gasteiger partial charge is 0.364 e. The molecule has 28 heavy (non-hydrogen) atoms. The fourth-order valence-corrected chi connectivity index (χ4v) is 3.41. The molecule has 8 nitrogen and oxygen atoms in total. The number of para-hydroxylation sites is 1. The van der Waals surface area contributed by atoms with Crippen LogP contribution in [0.4, 0.5) is 5.13 Å². The summed E-state index contributed by atoms with van der Waals surface area (Å²) in [4.78, 5) is 30.7. The third-order valence-electron chi connectivity index (χ3n) is 4.02. The highest BCUT2D eigenvalue weighted by atomic mass is 32.1. The molecule has 4 N–H and O–H groups in total. The minimum Gasteiger partial charge on any atom is -0.364 e. The molecule has 0 atom stereocenters. The van der Waals surface area contributed by atoms with Crippen LogP contribution < -0.4 is 11.1 Å². The Labute approximate surface area is 164 Å². The average molecular weight is 392 g/mol. The molecule has 0 aliphatic heterocycles. The van der Waals surface area contributed by atoms with Gasteiger partial charge in [-0.25, -0.2) is 9.67 Å². The lowest BCUT2D eigenvalue weighted by Gasteiger charge is -2.00. The number of amides is 2. The number of nitrogens with zero attached hydrogens (tertiary/aromatic N) is 3. The first kappa shape index (κ1) is 17.7. The third-order valence-corrected chi connectivity index (χ3v) is 4.77. The minimum absolute atomic E-state index is 0.180. The Morgan fingerprint density at radius 2 is 2.07 bits per heavy atom. The van der Waals surface area contributed by atoms with Gasteiger partial charge in [-0.05, 0) is 23.8 Å². The first-order chi connectivity index (χ1) is 13.6. The molecule has 0 saturated heterocycles. The second-order valence-corrected chi connectivity index (χ2v) is 6.92. The highest BCUT2D eigenvalue weighted by Crippen LogP contribution is 2.25. The highest BCUT2D eigenvalue weighted by molar-refractivity contribution is 7.14. The topological polar surface area (TPSA) is 119 Å². The molecule has 0 aliphatic carbocycles. The molecule has 140 valence electrons. The zero-order valence-corrected chi connectivity index (χ0v) is 15.4. The molecule has 4 aromatic rings. The van der Waals surface area contributed by atoms with Crippen LogP contribution in [0.1, 0.15) is 16.1 Å². The fourth-order valence-electron chi connectivity index (χ4n) is 2.67. The van der Waals surface area contributed by atoms with Crippen molar-refractivity contribution in [3.8, 4) is 16.9 Å². The number of hydrogen-bond donors (Lipinski definition) is 3. The van der Waals surface area contributed by atoms with Gasteiger partial charge in [0.1, 0.15) is 5.69 Å². The SMILES string of the molecule is NC(=O)c1cc(-c2csc(NC(=O)Cc3cnn(-c4ccccc4)c3)n2)c[nH]1. The van der Waals surface area contributed by atoms with Gasteiger partial charge in [-0.15, -0.1) is 11.3 Å². The number of nitrogens with one attached hydrogen (secondary N) is 2. The van der Waals surface area contributed by atoms with Crippen molar-refractivity contribution in [1.82, 2.24) is 19.7 Å². The smallest absolute Gasteiger partial charge is 0.265 e. The lowest BCUT2D eigenvalue weighted by molar-refractivity contribution is -0.115. The van der Waals surface area contributed by atoms with Crippen LogP contribution in [-0.2, 0) is 11.2 Å². The van der Waals surface area contributed by atoms with Gasteiger partial charge in [-0.3, -0.25) is 9.59 Å². The summed E-state index contributed by atoms with van der Waals surface area (Å²) in [6, 6.07) is 11.3. The van der Waals surface area contributed by atoms with Crippen molar-refractivity contribution in [2.24, 2.45) is 5.73 Å². The van der Waals surface area contributed by atoms with E-state index in [9.17, 15) is 9.59 Å². The molecular formula is C19H16N6O2S. The van der Waals surface area contributed by atoms with E-state index in [0.717, 1.165) is 16.8 Å². The van der Waals surface area contributed by atoms with Crippen LogP contribution >= 0.6 is 11.3 Å². The van der Waals surface area contributed by atoms with Crippen molar-refractivity contribution in [3.05, 3.63) is 71.6 Å². The monoisotopic (exact) mass is 392 g/mol. The van der Waals surface area contributed by atoms with Crippen molar-refractivity contribution in [2.75, 3.05) is 5.32 Å². The molecular weight excluding hydrogens is 376 g/mol. The number of carbonyl (C=O) groups excluding carboxylic acids is 2. The number of H-pyrrole nitrogens is 1. The van der Waals surface area contributed by atoms with E-state index in [1.165, 1.54) is 11.3 Å². The molecule has 0 aliphatic rings. The molecule has 0 saturated carbocycles. The van der Waals surface area contributed by atoms with E-state index in [1.54, 1.807) is 28.5 Å². The molecule has 3 heterocycles. The van der Waals surface area contributed by atoms with Gasteiger partial charge in [0.25, 0.3) is 5.91 Å². The van der Waals surface area contributed by atoms with Crippen LogP contribution in [0.5, 0.6) is 0 Å². The molecule has 1 aromatic carbocycles. The van der Waals surface area contributed by atoms with Crippen molar-refractivity contribution < 1.29 is 9.59 Å². The van der Waals surface area contributed by atoms with Crippen LogP contribution in [0.15, 0.2) is 60.4 Å². The zero-order valence-electron chi connectivity index (χ0n) is 14.6. The maximum absolute atomic E-state index is 12.3. The Morgan fingerprint density at radius 1 is 1.25 bits per heavy atom. The Morgan fingerprint density at radius 3 is 2.82 bits per heavy atom. The number of thiazole rings is 1. The highest BCUT2D eigenvalue weighted by Gasteiger charge is 2.12. The fraction of sp³-hybridized carbons (Fsp3) is 0.0526. The van der Waals surface area contributed by atoms with E-state index in [2.05, 4.69) is 20.4 Å². The van der Waals surface area contributed by atoms with Crippen LogP contribution in [0.3, 0.4) is 0 Å². The molecule has 0 fully saturated rings. The van der Waals surface area contributed by atoms with Gasteiger partial charge in [0.15, 0.2) is 5.13 Å². The number of aromatic amines is 1. The molecule has 0 unspecified atom stereocenters. The van der Waals surface area contributed by atoms with Crippen molar-refractivity contribution >= 4 is 28.3 Å². The Hall–Kier alpha value is -3.72. The molecule has 0 spiro atoms. The number of anilines is 1. The van der Waals surface area contributed by atoms with E-state index in [-0.39, 0.29) is 12.3 Å². The van der Waals surface area contributed by atoms with Crippen LogP contribution in [0.25, 0.3) is 16.9 Å². The van der Waals surface area contributed by atoms with E-state index >= 15 is 0 Å². The van der Waals surface area contributed by atoms with Crippen molar-refractivity contribution in [2.45, 2.75) is 6.42 Å². The first-order valence-electron chi connectivity index (χ1n) is 8.41. The summed E-state index contributed by atoms with van der Waals surface area (Å²) in [5.74, 6) is -0.716. The second-order valence-electron chi connectivity index (χ2n) is 6.06. The maximum Gasteiger partial charge on any atom is 0.265 e. The summed E-state index contributed by atoms with van der Waals surface area (Å²) in [7, 11) is 0. The molecule has 0 bridgehead atoms. The molecule has 9 heteroatoms. The van der Waals surface area contributed by atoms with Gasteiger partial charge in [-0.2, -0.15) is 5.10 Å². The molecule has 2 amide bonds. The van der Waals surface area contributed by atoms with E-state index in [4.69, 9.17) is 5.73 Å². The number of carbonyl (C=O) groups is 2. The summed E-state index contributed by atoms with van der Waals surface area (Å²) in [5.41, 5.74) is 8.66. The van der Waals surface area contributed by atoms with Gasteiger partial charge in [0, 0.05) is 23.3 Å². The summed E-state index contributed by atoms with van der Waals surface area (Å²) in [6.45, 7) is 0. The Kier molecular flexibility index (Phi) is 4.73. The van der Waals surface area contributed by atoms with E-state index in [0.29, 0.717) is 16.5 Å². The lowest BCUT2D eigenvalue weighted by Crippen LogP contribution is -2.13. The predicted molar refractivity (Wildman–Crippen MR) is 106 cm³/mol. The van der Waals surface area contributed by atoms with Crippen LogP contribution in [0.2, 0.25) is 0 Å². The van der Waals surface area contributed by atoms with Crippen molar-refractivity contribution in [1.29, 1.82) is 0 Å². The summed E-state index contributed by atoms with van der Waals surface area (Å²) in [5, 5.41) is 9.36. The van der Waals surface area contributed by atoms with Gasteiger partial charge < -0.3 is 16.0 Å². The number of aromatic nitrogens is 4. The Balaban J connectivity index is 1.40. The van der Waals surface area contributed by atoms with Gasteiger partial charge >= 0.3 is 0 Å². The minimum atomic E-state index is -0.536. The number of rotatable bonds is 6. The van der Waals surface area contributed by atoms with E-state index < -0.39 is 5.91 Å². The van der Waals surface area contributed by atoms with Crippen LogP contribution in [-0.4, -0.2) is 31.6 Å². The van der Waals surface area contributed by atoms with Gasteiger partial charge in [-0.1, -0.05) is 18.2 Å². The van der Waals surface area contributed by atoms with Crippen LogP contribution in [0, 0.1) is 0 Å². The third kappa shape index (κ3) is 3.84. The maximum atomic E-state index is 12.3. The van der Waals surface area contributed by atoms with Gasteiger partial charge in [0.05, 0.1) is 24.0 Å². The number of hydrogen-bond acceptors (Lipinski definition) is 5. The molecule has 4 rings (SSSR count). The number of benzene rings is 1. The normalized spacial score (nSPS) is 10.7. The zero-order chi connectivity index (χ0) is 19.5. The number of nitrogens with two attached hydrogens (primary N) is 1. The second kappa shape index (κ2) is 7.49. The predicted octanol–water partition coefficient (Wildman–Crippen LogP) is 2.60. The number of primary amides is 1.